The Hall–Kier alpha value is -2.84. The van der Waals surface area contributed by atoms with Gasteiger partial charge in [-0.05, 0) is 36.4 Å². The maximum atomic E-state index is 12.0. The Morgan fingerprint density at radius 1 is 1.08 bits per heavy atom. The number of carbonyl (C=O) groups excluding carboxylic acids is 1. The average Bonchev–Trinajstić information content (AvgIpc) is 2.64. The third-order valence-corrected chi connectivity index (χ3v) is 4.35. The van der Waals surface area contributed by atoms with Crippen molar-refractivity contribution in [2.24, 2.45) is 0 Å². The standard InChI is InChI=1S/C16H13ClN6OS/c17-10-4-6-11(7-5-10)25-16-13(18)14(20-9-21-16)22-23-15(24)12-3-1-2-8-19-12/h1-9H,18H2,(H,23,24)(H,20,21,22). The van der Waals surface area contributed by atoms with Crippen molar-refractivity contribution in [2.45, 2.75) is 9.92 Å². The number of carbonyl (C=O) groups is 1. The lowest BCUT2D eigenvalue weighted by Gasteiger charge is -2.11. The first-order valence-corrected chi connectivity index (χ1v) is 8.34. The average molecular weight is 373 g/mol. The minimum absolute atomic E-state index is 0.276. The molecule has 126 valence electrons. The molecule has 0 unspecified atom stereocenters. The number of nitrogens with two attached hydrogens (primary N) is 1. The van der Waals surface area contributed by atoms with Gasteiger partial charge >= 0.3 is 0 Å². The van der Waals surface area contributed by atoms with Crippen molar-refractivity contribution < 1.29 is 4.79 Å². The Bertz CT molecular complexity index is 876. The fraction of sp³-hybridized carbons (Fsp3) is 0. The zero-order valence-electron chi connectivity index (χ0n) is 12.8. The summed E-state index contributed by atoms with van der Waals surface area (Å²) in [7, 11) is 0. The second-order valence-corrected chi connectivity index (χ2v) is 6.29. The Morgan fingerprint density at radius 3 is 2.60 bits per heavy atom. The number of hydrazine groups is 1. The van der Waals surface area contributed by atoms with Crippen molar-refractivity contribution in [2.75, 3.05) is 11.2 Å². The molecule has 3 rings (SSSR count). The summed E-state index contributed by atoms with van der Waals surface area (Å²) in [4.78, 5) is 25.1. The van der Waals surface area contributed by atoms with Crippen molar-refractivity contribution in [3.63, 3.8) is 0 Å². The predicted octanol–water partition coefficient (Wildman–Crippen LogP) is 3.02. The van der Waals surface area contributed by atoms with E-state index in [1.807, 2.05) is 12.1 Å². The maximum absolute atomic E-state index is 12.0. The topological polar surface area (TPSA) is 106 Å². The van der Waals surface area contributed by atoms with Crippen LogP contribution in [0.1, 0.15) is 10.5 Å². The van der Waals surface area contributed by atoms with Crippen molar-refractivity contribution in [3.8, 4) is 0 Å². The van der Waals surface area contributed by atoms with E-state index in [0.29, 0.717) is 21.6 Å². The zero-order chi connectivity index (χ0) is 17.6. The number of rotatable bonds is 5. The van der Waals surface area contributed by atoms with Gasteiger partial charge in [0.1, 0.15) is 22.7 Å². The predicted molar refractivity (Wildman–Crippen MR) is 97.3 cm³/mol. The number of pyridine rings is 1. The molecule has 0 atom stereocenters. The number of aromatic nitrogens is 3. The first-order chi connectivity index (χ1) is 12.1. The van der Waals surface area contributed by atoms with Crippen LogP contribution in [0.15, 0.2) is 64.9 Å². The number of nitrogen functional groups attached to an aromatic ring is 1. The zero-order valence-corrected chi connectivity index (χ0v) is 14.4. The third kappa shape index (κ3) is 4.37. The summed E-state index contributed by atoms with van der Waals surface area (Å²) in [6.07, 6.45) is 2.90. The highest BCUT2D eigenvalue weighted by Gasteiger charge is 2.11. The number of amides is 1. The largest absolute Gasteiger partial charge is 0.393 e. The van der Waals surface area contributed by atoms with E-state index in [4.69, 9.17) is 17.3 Å². The Balaban J connectivity index is 1.70. The van der Waals surface area contributed by atoms with Gasteiger partial charge in [-0.15, -0.1) is 0 Å². The maximum Gasteiger partial charge on any atom is 0.288 e. The highest BCUT2D eigenvalue weighted by molar-refractivity contribution is 7.99. The first-order valence-electron chi connectivity index (χ1n) is 7.15. The molecule has 1 amide bonds. The van der Waals surface area contributed by atoms with Crippen LogP contribution in [0.3, 0.4) is 0 Å². The van der Waals surface area contributed by atoms with Crippen LogP contribution in [0.5, 0.6) is 0 Å². The van der Waals surface area contributed by atoms with Gasteiger partial charge in [-0.1, -0.05) is 29.4 Å². The fourth-order valence-electron chi connectivity index (χ4n) is 1.85. The highest BCUT2D eigenvalue weighted by Crippen LogP contribution is 2.33. The van der Waals surface area contributed by atoms with Gasteiger partial charge in [0.15, 0.2) is 5.82 Å². The molecule has 4 N–H and O–H groups in total. The number of hydrogen-bond acceptors (Lipinski definition) is 7. The fourth-order valence-corrected chi connectivity index (χ4v) is 2.78. The lowest BCUT2D eigenvalue weighted by atomic mass is 10.3. The molecule has 9 heteroatoms. The second kappa shape index (κ2) is 7.82. The molecule has 0 spiro atoms. The van der Waals surface area contributed by atoms with Gasteiger partial charge in [0.05, 0.1) is 0 Å². The van der Waals surface area contributed by atoms with Gasteiger partial charge in [0, 0.05) is 16.1 Å². The van der Waals surface area contributed by atoms with Crippen molar-refractivity contribution >= 4 is 40.8 Å². The number of anilines is 2. The third-order valence-electron chi connectivity index (χ3n) is 3.07. The van der Waals surface area contributed by atoms with Crippen LogP contribution < -0.4 is 16.6 Å². The Morgan fingerprint density at radius 2 is 1.88 bits per heavy atom. The molecule has 25 heavy (non-hydrogen) atoms. The van der Waals surface area contributed by atoms with Crippen molar-refractivity contribution in [3.05, 3.63) is 65.7 Å². The van der Waals surface area contributed by atoms with Gasteiger partial charge in [-0.25, -0.2) is 9.97 Å². The molecule has 0 saturated heterocycles. The molecule has 7 nitrogen and oxygen atoms in total. The van der Waals surface area contributed by atoms with Gasteiger partial charge in [-0.3, -0.25) is 20.6 Å². The summed E-state index contributed by atoms with van der Waals surface area (Å²) in [5, 5.41) is 1.21. The van der Waals surface area contributed by atoms with E-state index in [2.05, 4.69) is 25.8 Å². The summed E-state index contributed by atoms with van der Waals surface area (Å²) in [6, 6.07) is 12.4. The van der Waals surface area contributed by atoms with Crippen LogP contribution in [0.2, 0.25) is 5.02 Å². The molecule has 0 bridgehead atoms. The van der Waals surface area contributed by atoms with Crippen LogP contribution in [0.25, 0.3) is 0 Å². The van der Waals surface area contributed by atoms with Gasteiger partial charge in [-0.2, -0.15) is 0 Å². The van der Waals surface area contributed by atoms with Crippen LogP contribution in [0, 0.1) is 0 Å². The van der Waals surface area contributed by atoms with Crippen molar-refractivity contribution in [1.29, 1.82) is 0 Å². The van der Waals surface area contributed by atoms with Gasteiger partial charge < -0.3 is 5.73 Å². The lowest BCUT2D eigenvalue weighted by Crippen LogP contribution is -2.31. The van der Waals surface area contributed by atoms with E-state index in [-0.39, 0.29) is 5.69 Å². The van der Waals surface area contributed by atoms with Crippen LogP contribution >= 0.6 is 23.4 Å². The molecule has 0 fully saturated rings. The SMILES string of the molecule is Nc1c(NNC(=O)c2ccccn2)ncnc1Sc1ccc(Cl)cc1. The number of nitrogens with one attached hydrogen (secondary N) is 2. The smallest absolute Gasteiger partial charge is 0.288 e. The first kappa shape index (κ1) is 17.0. The van der Waals surface area contributed by atoms with Crippen LogP contribution in [-0.4, -0.2) is 20.9 Å². The number of benzene rings is 1. The summed E-state index contributed by atoms with van der Waals surface area (Å²) in [5.41, 5.74) is 11.9. The van der Waals surface area contributed by atoms with Gasteiger partial charge in [0.25, 0.3) is 5.91 Å². The summed E-state index contributed by atoms with van der Waals surface area (Å²) in [6.45, 7) is 0. The van der Waals surface area contributed by atoms with E-state index in [9.17, 15) is 4.79 Å². The van der Waals surface area contributed by atoms with Gasteiger partial charge in [0.2, 0.25) is 0 Å². The van der Waals surface area contributed by atoms with Crippen LogP contribution in [0.4, 0.5) is 11.5 Å². The second-order valence-electron chi connectivity index (χ2n) is 4.79. The number of nitrogens with zero attached hydrogens (tertiary/aromatic N) is 3. The summed E-state index contributed by atoms with van der Waals surface area (Å²) < 4.78 is 0. The molecule has 0 saturated carbocycles. The Kier molecular flexibility index (Phi) is 5.32. The molecule has 0 aliphatic rings. The molecular weight excluding hydrogens is 360 g/mol. The van der Waals surface area contributed by atoms with Crippen LogP contribution in [-0.2, 0) is 0 Å². The van der Waals surface area contributed by atoms with E-state index < -0.39 is 5.91 Å². The van der Waals surface area contributed by atoms with E-state index in [0.717, 1.165) is 4.90 Å². The van der Waals surface area contributed by atoms with E-state index in [1.165, 1.54) is 24.3 Å². The molecule has 0 radical (unpaired) electrons. The monoisotopic (exact) mass is 372 g/mol. The normalized spacial score (nSPS) is 10.3. The summed E-state index contributed by atoms with van der Waals surface area (Å²) in [5.74, 6) is -0.0961. The van der Waals surface area contributed by atoms with Crippen molar-refractivity contribution in [1.82, 2.24) is 20.4 Å². The highest BCUT2D eigenvalue weighted by atomic mass is 35.5. The minimum atomic E-state index is -0.398. The van der Waals surface area contributed by atoms with E-state index in [1.54, 1.807) is 30.3 Å². The molecule has 1 aromatic carbocycles. The quantitative estimate of drug-likeness (QED) is 0.467. The molecular formula is C16H13ClN6OS. The molecule has 0 aliphatic heterocycles. The molecule has 2 aromatic heterocycles. The summed E-state index contributed by atoms with van der Waals surface area (Å²) >= 11 is 7.25. The number of halogens is 1. The Labute approximate surface area is 153 Å². The minimum Gasteiger partial charge on any atom is -0.393 e. The molecule has 3 aromatic rings. The lowest BCUT2D eigenvalue weighted by molar-refractivity contribution is 0.0957. The number of hydrogen-bond donors (Lipinski definition) is 3. The molecule has 0 aliphatic carbocycles. The molecule has 2 heterocycles. The van der Waals surface area contributed by atoms with E-state index >= 15 is 0 Å².